The highest BCUT2D eigenvalue weighted by atomic mass is 35.5. The second kappa shape index (κ2) is 16.3. The first-order valence-electron chi connectivity index (χ1n) is 15.6. The Labute approximate surface area is 302 Å². The number of carbonyl (C=O) groups excluding carboxylic acids is 2. The molecule has 1 aliphatic heterocycles. The van der Waals surface area contributed by atoms with Crippen molar-refractivity contribution in [1.82, 2.24) is 15.1 Å². The third kappa shape index (κ3) is 8.68. The molecule has 12 nitrogen and oxygen atoms in total. The molecular weight excluding hydrogens is 711 g/mol. The Kier molecular flexibility index (Phi) is 11.9. The normalized spacial score (nSPS) is 13.1. The zero-order valence-electron chi connectivity index (χ0n) is 26.8. The molecule has 3 N–H and O–H groups in total. The van der Waals surface area contributed by atoms with Crippen LogP contribution in [0.15, 0.2) is 60.9 Å². The molecule has 3 aromatic carbocycles. The van der Waals surface area contributed by atoms with Crippen molar-refractivity contribution in [3.8, 4) is 22.6 Å². The van der Waals surface area contributed by atoms with E-state index in [1.807, 2.05) is 37.3 Å². The van der Waals surface area contributed by atoms with Gasteiger partial charge in [-0.05, 0) is 50.1 Å². The van der Waals surface area contributed by atoms with Gasteiger partial charge in [0.15, 0.2) is 5.75 Å². The second-order valence-corrected chi connectivity index (χ2v) is 12.7. The van der Waals surface area contributed by atoms with Crippen LogP contribution in [-0.2, 0) is 20.9 Å². The lowest BCUT2D eigenvalue weighted by Crippen LogP contribution is -2.42. The van der Waals surface area contributed by atoms with Gasteiger partial charge in [0.2, 0.25) is 5.91 Å². The maximum Gasteiger partial charge on any atom is 0.326 e. The summed E-state index contributed by atoms with van der Waals surface area (Å²) in [7, 11) is 0. The molecule has 0 bridgehead atoms. The number of carboxylic acid groups (broad SMARTS) is 2. The molecular formula is C35H33Cl3N4O8. The van der Waals surface area contributed by atoms with E-state index in [-0.39, 0.29) is 34.5 Å². The number of hydrogen-bond acceptors (Lipinski definition) is 7. The highest BCUT2D eigenvalue weighted by molar-refractivity contribution is 6.36. The van der Waals surface area contributed by atoms with Crippen molar-refractivity contribution in [2.45, 2.75) is 45.2 Å². The van der Waals surface area contributed by atoms with Gasteiger partial charge in [-0.25, -0.2) is 4.79 Å². The minimum Gasteiger partial charge on any atom is -0.493 e. The van der Waals surface area contributed by atoms with E-state index in [1.54, 1.807) is 28.0 Å². The number of fused-ring (bicyclic) bond motifs is 1. The van der Waals surface area contributed by atoms with Crippen LogP contribution >= 0.6 is 34.8 Å². The predicted molar refractivity (Wildman–Crippen MR) is 188 cm³/mol. The number of rotatable bonds is 13. The number of carbonyl (C=O) groups is 4. The molecule has 0 spiro atoms. The number of aliphatic carboxylic acids is 2. The van der Waals surface area contributed by atoms with Crippen molar-refractivity contribution in [2.75, 3.05) is 24.7 Å². The van der Waals surface area contributed by atoms with Crippen molar-refractivity contribution in [1.29, 1.82) is 0 Å². The van der Waals surface area contributed by atoms with E-state index in [0.717, 1.165) is 16.7 Å². The second-order valence-electron chi connectivity index (χ2n) is 11.5. The molecule has 2 amide bonds. The molecule has 0 radical (unpaired) electrons. The van der Waals surface area contributed by atoms with Gasteiger partial charge in [-0.15, -0.1) is 0 Å². The van der Waals surface area contributed by atoms with Crippen molar-refractivity contribution >= 4 is 64.2 Å². The SMILES string of the molecule is Cc1c(Cl)cccc1OCCCC(=O)N1CCCOc2c(-c3cnn(Cc4c(Cl)cc(C(=O)NC(CC(=O)O)C(=O)O)cc4Cl)c3)cccc21. The molecule has 4 aromatic rings. The summed E-state index contributed by atoms with van der Waals surface area (Å²) in [6, 6.07) is 12.1. The maximum absolute atomic E-state index is 13.4. The van der Waals surface area contributed by atoms with Crippen LogP contribution in [0.5, 0.6) is 11.5 Å². The number of nitrogens with zero attached hydrogens (tertiary/aromatic N) is 3. The van der Waals surface area contributed by atoms with Crippen molar-refractivity contribution < 1.29 is 38.9 Å². The molecule has 1 aliphatic rings. The van der Waals surface area contributed by atoms with Crippen LogP contribution in [0.1, 0.15) is 47.2 Å². The summed E-state index contributed by atoms with van der Waals surface area (Å²) in [6.07, 6.45) is 4.09. The molecule has 1 aromatic heterocycles. The first-order chi connectivity index (χ1) is 23.9. The van der Waals surface area contributed by atoms with E-state index in [0.29, 0.717) is 60.4 Å². The monoisotopic (exact) mass is 742 g/mol. The Bertz CT molecular complexity index is 1910. The number of anilines is 1. The number of benzene rings is 3. The number of carboxylic acids is 2. The lowest BCUT2D eigenvalue weighted by Gasteiger charge is -2.23. The summed E-state index contributed by atoms with van der Waals surface area (Å²) in [6.45, 7) is 3.31. The highest BCUT2D eigenvalue weighted by Gasteiger charge is 2.26. The Morgan fingerprint density at radius 3 is 2.50 bits per heavy atom. The fraction of sp³-hybridized carbons (Fsp3) is 0.286. The molecule has 262 valence electrons. The minimum absolute atomic E-state index is 0.0338. The smallest absolute Gasteiger partial charge is 0.326 e. The summed E-state index contributed by atoms with van der Waals surface area (Å²) in [5.41, 5.74) is 3.40. The average Bonchev–Trinajstić information content (AvgIpc) is 3.43. The fourth-order valence-corrected chi connectivity index (χ4v) is 6.20. The van der Waals surface area contributed by atoms with Crippen LogP contribution in [0, 0.1) is 6.92 Å². The maximum atomic E-state index is 13.4. The van der Waals surface area contributed by atoms with Crippen molar-refractivity contribution in [2.24, 2.45) is 0 Å². The Hall–Kier alpha value is -4.78. The van der Waals surface area contributed by atoms with Gasteiger partial charge >= 0.3 is 11.9 Å². The first kappa shape index (κ1) is 36.5. The molecule has 2 heterocycles. The number of nitrogens with one attached hydrogen (secondary N) is 1. The zero-order valence-corrected chi connectivity index (χ0v) is 29.1. The van der Waals surface area contributed by atoms with Gasteiger partial charge in [0.25, 0.3) is 5.91 Å². The quantitative estimate of drug-likeness (QED) is 0.130. The van der Waals surface area contributed by atoms with Gasteiger partial charge in [0, 0.05) is 62.0 Å². The van der Waals surface area contributed by atoms with Crippen LogP contribution in [0.2, 0.25) is 15.1 Å². The van der Waals surface area contributed by atoms with Gasteiger partial charge in [-0.2, -0.15) is 5.10 Å². The molecule has 1 unspecified atom stereocenters. The van der Waals surface area contributed by atoms with Crippen LogP contribution in [0.4, 0.5) is 5.69 Å². The van der Waals surface area contributed by atoms with E-state index in [9.17, 15) is 24.3 Å². The van der Waals surface area contributed by atoms with Crippen LogP contribution < -0.4 is 19.7 Å². The number of aromatic nitrogens is 2. The molecule has 0 saturated heterocycles. The summed E-state index contributed by atoms with van der Waals surface area (Å²) in [4.78, 5) is 50.2. The van der Waals surface area contributed by atoms with Crippen LogP contribution in [0.25, 0.3) is 11.1 Å². The van der Waals surface area contributed by atoms with E-state index < -0.39 is 30.3 Å². The molecule has 0 saturated carbocycles. The van der Waals surface area contributed by atoms with Gasteiger partial charge in [-0.3, -0.25) is 19.1 Å². The Balaban J connectivity index is 1.28. The lowest BCUT2D eigenvalue weighted by atomic mass is 10.1. The molecule has 5 rings (SSSR count). The molecule has 1 atom stereocenters. The third-order valence-electron chi connectivity index (χ3n) is 8.02. The van der Waals surface area contributed by atoms with Gasteiger partial charge < -0.3 is 29.9 Å². The number of ether oxygens (including phenoxy) is 2. The predicted octanol–water partition coefficient (Wildman–Crippen LogP) is 6.50. The van der Waals surface area contributed by atoms with Crippen LogP contribution in [0.3, 0.4) is 0 Å². The number of halogens is 3. The largest absolute Gasteiger partial charge is 0.493 e. The van der Waals surface area contributed by atoms with E-state index >= 15 is 0 Å². The summed E-state index contributed by atoms with van der Waals surface area (Å²) < 4.78 is 13.7. The summed E-state index contributed by atoms with van der Waals surface area (Å²) in [5.74, 6) is -2.49. The molecule has 15 heteroatoms. The minimum atomic E-state index is -1.63. The first-order valence-corrected chi connectivity index (χ1v) is 16.8. The van der Waals surface area contributed by atoms with E-state index in [4.69, 9.17) is 49.4 Å². The number of hydrogen-bond donors (Lipinski definition) is 3. The molecule has 50 heavy (non-hydrogen) atoms. The lowest BCUT2D eigenvalue weighted by molar-refractivity contribution is -0.145. The summed E-state index contributed by atoms with van der Waals surface area (Å²) >= 11 is 19.2. The highest BCUT2D eigenvalue weighted by Crippen LogP contribution is 2.40. The fourth-order valence-electron chi connectivity index (χ4n) is 5.43. The Morgan fingerprint density at radius 2 is 1.78 bits per heavy atom. The topological polar surface area (TPSA) is 160 Å². The zero-order chi connectivity index (χ0) is 35.9. The van der Waals surface area contributed by atoms with Crippen molar-refractivity contribution in [3.05, 3.63) is 92.7 Å². The average molecular weight is 744 g/mol. The van der Waals surface area contributed by atoms with Gasteiger partial charge in [0.05, 0.1) is 38.1 Å². The molecule has 0 fully saturated rings. The molecule has 0 aliphatic carbocycles. The van der Waals surface area contributed by atoms with Crippen LogP contribution in [-0.4, -0.2) is 69.5 Å². The number of para-hydroxylation sites is 1. The van der Waals surface area contributed by atoms with E-state index in [2.05, 4.69) is 10.4 Å². The van der Waals surface area contributed by atoms with Gasteiger partial charge in [-0.1, -0.05) is 53.0 Å². The van der Waals surface area contributed by atoms with E-state index in [1.165, 1.54) is 12.1 Å². The van der Waals surface area contributed by atoms with Gasteiger partial charge in [0.1, 0.15) is 11.8 Å². The summed E-state index contributed by atoms with van der Waals surface area (Å²) in [5, 5.41) is 25.7. The van der Waals surface area contributed by atoms with Crippen molar-refractivity contribution in [3.63, 3.8) is 0 Å². The third-order valence-corrected chi connectivity index (χ3v) is 9.10. The standard InChI is InChI=1S/C35H33Cl3N4O8/c1-20-25(36)7-3-9-30(20)49-12-4-10-31(43)42-11-5-13-50-33-23(6-2-8-29(33)42)22-17-39-41(18-22)19-24-26(37)14-21(15-27(24)38)34(46)40-28(35(47)48)16-32(44)45/h2-3,6-9,14-15,17-18,28H,4-5,10-13,16,19H2,1H3,(H,40,46)(H,44,45)(H,47,48). The Morgan fingerprint density at radius 1 is 1.04 bits per heavy atom. The number of amides is 2.